The van der Waals surface area contributed by atoms with Crippen LogP contribution in [0.3, 0.4) is 0 Å². The first kappa shape index (κ1) is 14.9. The van der Waals surface area contributed by atoms with Crippen molar-refractivity contribution in [1.29, 1.82) is 0 Å². The highest BCUT2D eigenvalue weighted by molar-refractivity contribution is 9.11. The zero-order valence-corrected chi connectivity index (χ0v) is 13.3. The maximum atomic E-state index is 12.2. The van der Waals surface area contributed by atoms with E-state index in [1.807, 2.05) is 6.07 Å². The highest BCUT2D eigenvalue weighted by atomic mass is 79.9. The predicted molar refractivity (Wildman–Crippen MR) is 83.0 cm³/mol. The maximum absolute atomic E-state index is 12.2. The van der Waals surface area contributed by atoms with Crippen molar-refractivity contribution in [2.75, 3.05) is 0 Å². The number of para-hydroxylation sites is 1. The van der Waals surface area contributed by atoms with E-state index in [2.05, 4.69) is 31.9 Å². The molecule has 2 rings (SSSR count). The van der Waals surface area contributed by atoms with Crippen molar-refractivity contribution in [2.24, 2.45) is 0 Å². The summed E-state index contributed by atoms with van der Waals surface area (Å²) < 4.78 is 1.55. The van der Waals surface area contributed by atoms with E-state index in [-0.39, 0.29) is 17.9 Å². The number of hydrogen-bond acceptors (Lipinski definition) is 3. The molecule has 0 aliphatic heterocycles. The zero-order chi connectivity index (χ0) is 14.7. The molecule has 0 atom stereocenters. The number of hydrogen-bond donors (Lipinski definition) is 0. The summed E-state index contributed by atoms with van der Waals surface area (Å²) in [6, 6.07) is 11.5. The lowest BCUT2D eigenvalue weighted by Crippen LogP contribution is -2.06. The minimum Gasteiger partial charge on any atom is -0.294 e. The molecule has 0 heterocycles. The summed E-state index contributed by atoms with van der Waals surface area (Å²) in [6.07, 6.45) is 0.0000463. The molecule has 0 N–H and O–H groups in total. The highest BCUT2D eigenvalue weighted by Crippen LogP contribution is 2.23. The molecule has 0 fully saturated rings. The average molecular weight is 399 g/mol. The van der Waals surface area contributed by atoms with Gasteiger partial charge in [0.1, 0.15) is 0 Å². The van der Waals surface area contributed by atoms with Crippen molar-refractivity contribution in [1.82, 2.24) is 0 Å². The van der Waals surface area contributed by atoms with Gasteiger partial charge in [0.05, 0.1) is 4.92 Å². The van der Waals surface area contributed by atoms with Crippen LogP contribution in [0, 0.1) is 10.1 Å². The van der Waals surface area contributed by atoms with E-state index in [0.717, 1.165) is 8.95 Å². The van der Waals surface area contributed by atoms with Crippen molar-refractivity contribution in [2.45, 2.75) is 6.42 Å². The molecule has 4 nitrogen and oxygen atoms in total. The maximum Gasteiger partial charge on any atom is 0.273 e. The number of benzene rings is 2. The van der Waals surface area contributed by atoms with Crippen molar-refractivity contribution >= 4 is 43.3 Å². The van der Waals surface area contributed by atoms with Crippen LogP contribution in [0.2, 0.25) is 0 Å². The van der Waals surface area contributed by atoms with Gasteiger partial charge in [0.2, 0.25) is 0 Å². The van der Waals surface area contributed by atoms with E-state index in [1.165, 1.54) is 6.07 Å². The number of nitrogens with zero attached hydrogens (tertiary/aromatic N) is 1. The molecule has 6 heteroatoms. The number of carbonyl (C=O) groups excluding carboxylic acids is 1. The Morgan fingerprint density at radius 1 is 1.10 bits per heavy atom. The minimum atomic E-state index is -0.473. The van der Waals surface area contributed by atoms with Crippen LogP contribution in [0.15, 0.2) is 51.4 Å². The Balaban J connectivity index is 2.30. The molecular formula is C14H9Br2NO3. The summed E-state index contributed by atoms with van der Waals surface area (Å²) >= 11 is 6.63. The van der Waals surface area contributed by atoms with Gasteiger partial charge in [-0.15, -0.1) is 0 Å². The molecule has 0 aliphatic carbocycles. The third-order valence-corrected chi connectivity index (χ3v) is 3.64. The molecule has 0 saturated carbocycles. The quantitative estimate of drug-likeness (QED) is 0.431. The summed E-state index contributed by atoms with van der Waals surface area (Å²) in [5, 5.41) is 10.9. The Kier molecular flexibility index (Phi) is 4.67. The summed E-state index contributed by atoms with van der Waals surface area (Å²) in [5.74, 6) is -0.165. The van der Waals surface area contributed by atoms with Gasteiger partial charge in [-0.2, -0.15) is 0 Å². The van der Waals surface area contributed by atoms with Gasteiger partial charge in [0, 0.05) is 32.6 Å². The molecule has 0 unspecified atom stereocenters. The van der Waals surface area contributed by atoms with Crippen LogP contribution < -0.4 is 0 Å². The number of nitro groups is 1. The Morgan fingerprint density at radius 2 is 1.70 bits per heavy atom. The molecule has 0 radical (unpaired) electrons. The molecule has 102 valence electrons. The van der Waals surface area contributed by atoms with Gasteiger partial charge in [-0.05, 0) is 18.2 Å². The number of nitro benzene ring substituents is 1. The summed E-state index contributed by atoms with van der Waals surface area (Å²) in [5.41, 5.74) is 0.887. The van der Waals surface area contributed by atoms with Crippen molar-refractivity contribution in [3.05, 3.63) is 72.7 Å². The van der Waals surface area contributed by atoms with Gasteiger partial charge in [-0.3, -0.25) is 14.9 Å². The van der Waals surface area contributed by atoms with Gasteiger partial charge < -0.3 is 0 Å². The molecule has 0 spiro atoms. The Labute approximate surface area is 132 Å². The third kappa shape index (κ3) is 3.52. The number of rotatable bonds is 4. The molecule has 0 saturated heterocycles. The van der Waals surface area contributed by atoms with Crippen LogP contribution in [0.5, 0.6) is 0 Å². The first-order chi connectivity index (χ1) is 9.47. The van der Waals surface area contributed by atoms with Gasteiger partial charge in [0.15, 0.2) is 5.78 Å². The highest BCUT2D eigenvalue weighted by Gasteiger charge is 2.17. The third-order valence-electron chi connectivity index (χ3n) is 2.72. The molecule has 2 aromatic rings. The fraction of sp³-hybridized carbons (Fsp3) is 0.0714. The Hall–Kier alpha value is -1.53. The van der Waals surface area contributed by atoms with E-state index in [9.17, 15) is 14.9 Å². The van der Waals surface area contributed by atoms with Gasteiger partial charge in [-0.25, -0.2) is 0 Å². The van der Waals surface area contributed by atoms with Crippen LogP contribution in [-0.2, 0) is 6.42 Å². The van der Waals surface area contributed by atoms with Crippen LogP contribution in [-0.4, -0.2) is 10.7 Å². The number of Topliss-reactive ketones (excluding diaryl/α,β-unsaturated/α-hetero) is 1. The van der Waals surface area contributed by atoms with Crippen LogP contribution in [0.1, 0.15) is 15.9 Å². The van der Waals surface area contributed by atoms with E-state index < -0.39 is 4.92 Å². The van der Waals surface area contributed by atoms with E-state index in [1.54, 1.807) is 30.3 Å². The second-order valence-corrected chi connectivity index (χ2v) is 5.98. The van der Waals surface area contributed by atoms with Gasteiger partial charge in [0.25, 0.3) is 5.69 Å². The molecular weight excluding hydrogens is 390 g/mol. The normalized spacial score (nSPS) is 10.3. The first-order valence-electron chi connectivity index (χ1n) is 5.69. The molecule has 2 aromatic carbocycles. The SMILES string of the molecule is O=C(Cc1ccccc1[N+](=O)[O-])c1cc(Br)cc(Br)c1. The van der Waals surface area contributed by atoms with E-state index in [4.69, 9.17) is 0 Å². The van der Waals surface area contributed by atoms with Crippen LogP contribution >= 0.6 is 31.9 Å². The second kappa shape index (κ2) is 6.28. The number of carbonyl (C=O) groups is 1. The van der Waals surface area contributed by atoms with Crippen molar-refractivity contribution < 1.29 is 9.72 Å². The van der Waals surface area contributed by atoms with E-state index >= 15 is 0 Å². The second-order valence-electron chi connectivity index (χ2n) is 4.14. The summed E-state index contributed by atoms with van der Waals surface area (Å²) in [6.45, 7) is 0. The predicted octanol–water partition coefficient (Wildman–Crippen LogP) is 4.55. The van der Waals surface area contributed by atoms with Crippen molar-refractivity contribution in [3.63, 3.8) is 0 Å². The average Bonchev–Trinajstić information content (AvgIpc) is 2.37. The molecule has 0 aliphatic rings. The first-order valence-corrected chi connectivity index (χ1v) is 7.27. The fourth-order valence-electron chi connectivity index (χ4n) is 1.83. The topological polar surface area (TPSA) is 60.2 Å². The fourth-order valence-corrected chi connectivity index (χ4v) is 3.12. The van der Waals surface area contributed by atoms with Crippen LogP contribution in [0.25, 0.3) is 0 Å². The monoisotopic (exact) mass is 397 g/mol. The summed E-state index contributed by atoms with van der Waals surface area (Å²) in [4.78, 5) is 22.7. The summed E-state index contributed by atoms with van der Waals surface area (Å²) in [7, 11) is 0. The molecule has 0 bridgehead atoms. The lowest BCUT2D eigenvalue weighted by molar-refractivity contribution is -0.385. The Bertz CT molecular complexity index is 666. The lowest BCUT2D eigenvalue weighted by atomic mass is 10.0. The zero-order valence-electron chi connectivity index (χ0n) is 10.2. The number of halogens is 2. The van der Waals surface area contributed by atoms with E-state index in [0.29, 0.717) is 11.1 Å². The molecule has 0 amide bonds. The molecule has 20 heavy (non-hydrogen) atoms. The standard InChI is InChI=1S/C14H9Br2NO3/c15-11-5-10(6-12(16)8-11)14(18)7-9-3-1-2-4-13(9)17(19)20/h1-6,8H,7H2. The molecule has 0 aromatic heterocycles. The van der Waals surface area contributed by atoms with Crippen LogP contribution in [0.4, 0.5) is 5.69 Å². The smallest absolute Gasteiger partial charge is 0.273 e. The Morgan fingerprint density at radius 3 is 2.30 bits per heavy atom. The lowest BCUT2D eigenvalue weighted by Gasteiger charge is -2.04. The minimum absolute atomic E-state index is 0.0000463. The number of ketones is 1. The van der Waals surface area contributed by atoms with Gasteiger partial charge in [-0.1, -0.05) is 50.1 Å². The van der Waals surface area contributed by atoms with Crippen molar-refractivity contribution in [3.8, 4) is 0 Å². The van der Waals surface area contributed by atoms with Gasteiger partial charge >= 0.3 is 0 Å². The largest absolute Gasteiger partial charge is 0.294 e.